The van der Waals surface area contributed by atoms with E-state index in [0.29, 0.717) is 11.5 Å². The summed E-state index contributed by atoms with van der Waals surface area (Å²) >= 11 is 11.1. The van der Waals surface area contributed by atoms with E-state index in [1.807, 2.05) is 0 Å². The molecule has 14 heavy (non-hydrogen) atoms. The first kappa shape index (κ1) is 11.1. The Kier molecular flexibility index (Phi) is 3.61. The van der Waals surface area contributed by atoms with Crippen molar-refractivity contribution in [2.75, 3.05) is 14.2 Å². The van der Waals surface area contributed by atoms with Crippen LogP contribution in [0.3, 0.4) is 0 Å². The lowest BCUT2D eigenvalue weighted by Gasteiger charge is -2.09. The second-order valence-electron chi connectivity index (χ2n) is 2.47. The van der Waals surface area contributed by atoms with Gasteiger partial charge in [-0.25, -0.2) is 0 Å². The van der Waals surface area contributed by atoms with Gasteiger partial charge in [0.15, 0.2) is 11.5 Å². The Morgan fingerprint density at radius 3 is 2.36 bits per heavy atom. The molecule has 0 N–H and O–H groups in total. The van der Waals surface area contributed by atoms with Gasteiger partial charge in [0.05, 0.1) is 19.2 Å². The highest BCUT2D eigenvalue weighted by Crippen LogP contribution is 2.36. The predicted octanol–water partition coefficient (Wildman–Crippen LogP) is 2.74. The molecule has 3 nitrogen and oxygen atoms in total. The van der Waals surface area contributed by atoms with Crippen molar-refractivity contribution >= 4 is 28.4 Å². The maximum Gasteiger partial charge on any atom is 0.252 e. The lowest BCUT2D eigenvalue weighted by Crippen LogP contribution is -1.95. The zero-order valence-electron chi connectivity index (χ0n) is 7.64. The van der Waals surface area contributed by atoms with Crippen molar-refractivity contribution in [3.63, 3.8) is 0 Å². The van der Waals surface area contributed by atoms with Crippen LogP contribution >= 0.6 is 23.2 Å². The van der Waals surface area contributed by atoms with E-state index in [9.17, 15) is 4.79 Å². The van der Waals surface area contributed by atoms with Crippen LogP contribution in [0.5, 0.6) is 11.5 Å². The van der Waals surface area contributed by atoms with Gasteiger partial charge < -0.3 is 9.47 Å². The standard InChI is InChI=1S/C9H8Cl2O3/c1-13-7-4-5(9(11)12)3-6(10)8(7)14-2/h3-4H,1-2H3. The quantitative estimate of drug-likeness (QED) is 0.755. The molecule has 0 bridgehead atoms. The molecule has 0 spiro atoms. The summed E-state index contributed by atoms with van der Waals surface area (Å²) in [5, 5.41) is -0.302. The molecule has 0 heterocycles. The number of rotatable bonds is 3. The number of hydrogen-bond acceptors (Lipinski definition) is 3. The SMILES string of the molecule is COc1cc(C(=O)Cl)cc(Cl)c1OC. The predicted molar refractivity (Wildman–Crippen MR) is 54.7 cm³/mol. The van der Waals surface area contributed by atoms with Crippen molar-refractivity contribution in [1.29, 1.82) is 0 Å². The molecular formula is C9H8Cl2O3. The van der Waals surface area contributed by atoms with Crippen LogP contribution in [0.15, 0.2) is 12.1 Å². The highest BCUT2D eigenvalue weighted by atomic mass is 35.5. The van der Waals surface area contributed by atoms with Crippen LogP contribution in [0.4, 0.5) is 0 Å². The summed E-state index contributed by atoms with van der Waals surface area (Å²) < 4.78 is 9.98. The van der Waals surface area contributed by atoms with Gasteiger partial charge in [-0.3, -0.25) is 4.79 Å². The van der Waals surface area contributed by atoms with Crippen molar-refractivity contribution in [3.8, 4) is 11.5 Å². The lowest BCUT2D eigenvalue weighted by molar-refractivity contribution is 0.108. The first-order valence-corrected chi connectivity index (χ1v) is 4.47. The molecule has 76 valence electrons. The fourth-order valence-corrected chi connectivity index (χ4v) is 1.43. The van der Waals surface area contributed by atoms with Crippen molar-refractivity contribution in [3.05, 3.63) is 22.7 Å². The van der Waals surface area contributed by atoms with Crippen molar-refractivity contribution in [2.24, 2.45) is 0 Å². The van der Waals surface area contributed by atoms with Crippen LogP contribution in [0.25, 0.3) is 0 Å². The summed E-state index contributed by atoms with van der Waals surface area (Å²) in [6.07, 6.45) is 0. The number of ether oxygens (including phenoxy) is 2. The average Bonchev–Trinajstić information content (AvgIpc) is 2.16. The zero-order chi connectivity index (χ0) is 10.7. The Labute approximate surface area is 91.5 Å². The lowest BCUT2D eigenvalue weighted by atomic mass is 10.2. The number of halogens is 2. The topological polar surface area (TPSA) is 35.5 Å². The number of carbonyl (C=O) groups is 1. The molecule has 0 aliphatic heterocycles. The van der Waals surface area contributed by atoms with Crippen molar-refractivity contribution in [1.82, 2.24) is 0 Å². The molecule has 0 saturated carbocycles. The van der Waals surface area contributed by atoms with Crippen LogP contribution in [-0.2, 0) is 0 Å². The molecule has 0 aliphatic rings. The average molecular weight is 235 g/mol. The summed E-state index contributed by atoms with van der Waals surface area (Å²) in [6, 6.07) is 2.90. The molecular weight excluding hydrogens is 227 g/mol. The Hall–Kier alpha value is -0.930. The van der Waals surface area contributed by atoms with E-state index in [1.54, 1.807) is 0 Å². The summed E-state index contributed by atoms with van der Waals surface area (Å²) in [6.45, 7) is 0. The Balaban J connectivity index is 3.31. The summed E-state index contributed by atoms with van der Waals surface area (Å²) in [7, 11) is 2.92. The molecule has 0 atom stereocenters. The second kappa shape index (κ2) is 4.53. The largest absolute Gasteiger partial charge is 0.493 e. The van der Waals surface area contributed by atoms with E-state index in [1.165, 1.54) is 26.4 Å². The molecule has 5 heteroatoms. The first-order valence-electron chi connectivity index (χ1n) is 3.71. The van der Waals surface area contributed by atoms with Gasteiger partial charge in [-0.1, -0.05) is 11.6 Å². The van der Waals surface area contributed by atoms with Gasteiger partial charge in [0.1, 0.15) is 0 Å². The van der Waals surface area contributed by atoms with Gasteiger partial charge in [0.2, 0.25) is 0 Å². The number of methoxy groups -OCH3 is 2. The van der Waals surface area contributed by atoms with Gasteiger partial charge in [-0.15, -0.1) is 0 Å². The number of carbonyl (C=O) groups excluding carboxylic acids is 1. The van der Waals surface area contributed by atoms with Gasteiger partial charge in [-0.2, -0.15) is 0 Å². The summed E-state index contributed by atoms with van der Waals surface area (Å²) in [4.78, 5) is 10.9. The third-order valence-corrected chi connectivity index (χ3v) is 2.16. The molecule has 1 rings (SSSR count). The Morgan fingerprint density at radius 2 is 1.93 bits per heavy atom. The van der Waals surface area contributed by atoms with Crippen LogP contribution in [0.1, 0.15) is 10.4 Å². The molecule has 0 fully saturated rings. The van der Waals surface area contributed by atoms with Gasteiger partial charge in [0, 0.05) is 5.56 Å². The van der Waals surface area contributed by atoms with E-state index in [-0.39, 0.29) is 10.6 Å². The first-order chi connectivity index (χ1) is 6.60. The minimum Gasteiger partial charge on any atom is -0.493 e. The van der Waals surface area contributed by atoms with Gasteiger partial charge >= 0.3 is 0 Å². The second-order valence-corrected chi connectivity index (χ2v) is 3.22. The minimum atomic E-state index is -0.590. The molecule has 0 amide bonds. The molecule has 1 aromatic carbocycles. The van der Waals surface area contributed by atoms with E-state index in [0.717, 1.165) is 0 Å². The third-order valence-electron chi connectivity index (χ3n) is 1.66. The monoisotopic (exact) mass is 234 g/mol. The molecule has 0 unspecified atom stereocenters. The normalized spacial score (nSPS) is 9.71. The van der Waals surface area contributed by atoms with Crippen LogP contribution in [0.2, 0.25) is 5.02 Å². The smallest absolute Gasteiger partial charge is 0.252 e. The van der Waals surface area contributed by atoms with E-state index >= 15 is 0 Å². The van der Waals surface area contributed by atoms with Crippen LogP contribution in [-0.4, -0.2) is 19.5 Å². The minimum absolute atomic E-state index is 0.273. The molecule has 1 aromatic rings. The fourth-order valence-electron chi connectivity index (χ4n) is 1.03. The zero-order valence-corrected chi connectivity index (χ0v) is 9.15. The molecule has 0 aromatic heterocycles. The summed E-state index contributed by atoms with van der Waals surface area (Å²) in [5.74, 6) is 0.764. The van der Waals surface area contributed by atoms with E-state index in [2.05, 4.69) is 0 Å². The van der Waals surface area contributed by atoms with Crippen LogP contribution < -0.4 is 9.47 Å². The fraction of sp³-hybridized carbons (Fsp3) is 0.222. The maximum absolute atomic E-state index is 10.9. The van der Waals surface area contributed by atoms with Gasteiger partial charge in [0.25, 0.3) is 5.24 Å². The summed E-state index contributed by atoms with van der Waals surface area (Å²) in [5.41, 5.74) is 0.273. The number of hydrogen-bond donors (Lipinski definition) is 0. The molecule has 0 saturated heterocycles. The highest BCUT2D eigenvalue weighted by molar-refractivity contribution is 6.67. The Bertz CT molecular complexity index is 363. The van der Waals surface area contributed by atoms with E-state index in [4.69, 9.17) is 32.7 Å². The molecule has 0 aliphatic carbocycles. The molecule has 0 radical (unpaired) electrons. The number of benzene rings is 1. The van der Waals surface area contributed by atoms with Crippen molar-refractivity contribution in [2.45, 2.75) is 0 Å². The highest BCUT2D eigenvalue weighted by Gasteiger charge is 2.13. The van der Waals surface area contributed by atoms with Gasteiger partial charge in [-0.05, 0) is 23.7 Å². The van der Waals surface area contributed by atoms with E-state index < -0.39 is 5.24 Å². The third kappa shape index (κ3) is 2.11. The Morgan fingerprint density at radius 1 is 1.29 bits per heavy atom. The van der Waals surface area contributed by atoms with Crippen LogP contribution in [0, 0.1) is 0 Å². The maximum atomic E-state index is 10.9. The van der Waals surface area contributed by atoms with Crippen molar-refractivity contribution < 1.29 is 14.3 Å².